The zero-order chi connectivity index (χ0) is 18.1. The molecule has 0 bridgehead atoms. The summed E-state index contributed by atoms with van der Waals surface area (Å²) < 4.78 is 0. The molecule has 1 atom stereocenters. The summed E-state index contributed by atoms with van der Waals surface area (Å²) >= 11 is 6.20. The first-order chi connectivity index (χ1) is 12.1. The monoisotopic (exact) mass is 365 g/mol. The molecule has 0 saturated carbocycles. The van der Waals surface area contributed by atoms with Crippen LogP contribution in [-0.2, 0) is 6.42 Å². The van der Waals surface area contributed by atoms with Crippen molar-refractivity contribution in [1.29, 1.82) is 0 Å². The SMILES string of the molecule is CN=C(NCCc1ccccc1Cl)NCC(C)CN1CCN(C)CC1. The van der Waals surface area contributed by atoms with Crippen molar-refractivity contribution in [1.82, 2.24) is 20.4 Å². The molecule has 2 rings (SSSR count). The Bertz CT molecular complexity index is 540. The minimum atomic E-state index is 0.588. The third kappa shape index (κ3) is 7.22. The zero-order valence-corrected chi connectivity index (χ0v) is 16.5. The Balaban J connectivity index is 1.65. The van der Waals surface area contributed by atoms with Gasteiger partial charge in [-0.3, -0.25) is 4.99 Å². The predicted molar refractivity (Wildman–Crippen MR) is 108 cm³/mol. The van der Waals surface area contributed by atoms with E-state index in [0.717, 1.165) is 42.6 Å². The number of rotatable bonds is 7. The third-order valence-electron chi connectivity index (χ3n) is 4.65. The molecule has 6 heteroatoms. The van der Waals surface area contributed by atoms with Crippen molar-refractivity contribution in [2.24, 2.45) is 10.9 Å². The van der Waals surface area contributed by atoms with Crippen molar-refractivity contribution in [3.63, 3.8) is 0 Å². The highest BCUT2D eigenvalue weighted by Crippen LogP contribution is 2.14. The highest BCUT2D eigenvalue weighted by atomic mass is 35.5. The van der Waals surface area contributed by atoms with Gasteiger partial charge in [0, 0.05) is 57.9 Å². The molecule has 1 aromatic rings. The van der Waals surface area contributed by atoms with E-state index in [2.05, 4.69) is 45.5 Å². The summed E-state index contributed by atoms with van der Waals surface area (Å²) in [5.41, 5.74) is 1.16. The van der Waals surface area contributed by atoms with E-state index in [4.69, 9.17) is 11.6 Å². The Morgan fingerprint density at radius 2 is 1.92 bits per heavy atom. The van der Waals surface area contributed by atoms with Crippen LogP contribution in [0.25, 0.3) is 0 Å². The van der Waals surface area contributed by atoms with Gasteiger partial charge in [0.2, 0.25) is 0 Å². The molecule has 0 aliphatic carbocycles. The van der Waals surface area contributed by atoms with Crippen molar-refractivity contribution in [2.45, 2.75) is 13.3 Å². The van der Waals surface area contributed by atoms with Gasteiger partial charge >= 0.3 is 0 Å². The van der Waals surface area contributed by atoms with E-state index in [1.165, 1.54) is 26.2 Å². The Morgan fingerprint density at radius 3 is 2.60 bits per heavy atom. The maximum absolute atomic E-state index is 6.20. The Hall–Kier alpha value is -1.30. The topological polar surface area (TPSA) is 42.9 Å². The lowest BCUT2D eigenvalue weighted by molar-refractivity contribution is 0.139. The number of aliphatic imine (C=N–C) groups is 1. The summed E-state index contributed by atoms with van der Waals surface area (Å²) in [6.45, 7) is 9.86. The van der Waals surface area contributed by atoms with Gasteiger partial charge in [0.05, 0.1) is 0 Å². The molecule has 1 heterocycles. The van der Waals surface area contributed by atoms with Crippen LogP contribution < -0.4 is 10.6 Å². The van der Waals surface area contributed by atoms with E-state index in [9.17, 15) is 0 Å². The number of halogens is 1. The van der Waals surface area contributed by atoms with Gasteiger partial charge in [0.25, 0.3) is 0 Å². The average Bonchev–Trinajstić information content (AvgIpc) is 2.61. The lowest BCUT2D eigenvalue weighted by atomic mass is 10.1. The molecule has 5 nitrogen and oxygen atoms in total. The summed E-state index contributed by atoms with van der Waals surface area (Å²) in [4.78, 5) is 9.26. The van der Waals surface area contributed by atoms with E-state index in [1.54, 1.807) is 0 Å². The fourth-order valence-corrected chi connectivity index (χ4v) is 3.27. The van der Waals surface area contributed by atoms with Crippen LogP contribution in [0, 0.1) is 5.92 Å². The van der Waals surface area contributed by atoms with Crippen LogP contribution in [-0.4, -0.2) is 75.7 Å². The lowest BCUT2D eigenvalue weighted by Gasteiger charge is -2.34. The number of hydrogen-bond acceptors (Lipinski definition) is 3. The second-order valence-corrected chi connectivity index (χ2v) is 7.34. The Kier molecular flexibility index (Phi) is 8.52. The molecule has 1 saturated heterocycles. The summed E-state index contributed by atoms with van der Waals surface area (Å²) in [5, 5.41) is 7.63. The number of likely N-dealkylation sites (N-methyl/N-ethyl adjacent to an activating group) is 1. The quantitative estimate of drug-likeness (QED) is 0.572. The van der Waals surface area contributed by atoms with Gasteiger partial charge in [0.1, 0.15) is 0 Å². The highest BCUT2D eigenvalue weighted by molar-refractivity contribution is 6.31. The minimum Gasteiger partial charge on any atom is -0.356 e. The van der Waals surface area contributed by atoms with Gasteiger partial charge in [-0.1, -0.05) is 36.7 Å². The van der Waals surface area contributed by atoms with Crippen molar-refractivity contribution in [3.8, 4) is 0 Å². The van der Waals surface area contributed by atoms with E-state index in [-0.39, 0.29) is 0 Å². The van der Waals surface area contributed by atoms with Crippen molar-refractivity contribution in [2.75, 3.05) is 59.9 Å². The van der Waals surface area contributed by atoms with Gasteiger partial charge in [-0.25, -0.2) is 0 Å². The largest absolute Gasteiger partial charge is 0.356 e. The van der Waals surface area contributed by atoms with Crippen LogP contribution in [0.15, 0.2) is 29.3 Å². The Morgan fingerprint density at radius 1 is 1.20 bits per heavy atom. The van der Waals surface area contributed by atoms with Gasteiger partial charge in [-0.2, -0.15) is 0 Å². The van der Waals surface area contributed by atoms with Gasteiger partial charge in [-0.05, 0) is 31.0 Å². The first kappa shape index (κ1) is 20.0. The van der Waals surface area contributed by atoms with Crippen LogP contribution in [0.3, 0.4) is 0 Å². The molecule has 0 spiro atoms. The fraction of sp³-hybridized carbons (Fsp3) is 0.632. The average molecular weight is 366 g/mol. The number of piperazine rings is 1. The lowest BCUT2D eigenvalue weighted by Crippen LogP contribution is -2.47. The van der Waals surface area contributed by atoms with Gasteiger partial charge < -0.3 is 20.4 Å². The molecule has 0 radical (unpaired) electrons. The first-order valence-electron chi connectivity index (χ1n) is 9.17. The van der Waals surface area contributed by atoms with Gasteiger partial charge in [-0.15, -0.1) is 0 Å². The van der Waals surface area contributed by atoms with Crippen molar-refractivity contribution < 1.29 is 0 Å². The number of hydrogen-bond donors (Lipinski definition) is 2. The van der Waals surface area contributed by atoms with Crippen LogP contribution in [0.1, 0.15) is 12.5 Å². The molecule has 1 aliphatic heterocycles. The third-order valence-corrected chi connectivity index (χ3v) is 5.02. The first-order valence-corrected chi connectivity index (χ1v) is 9.55. The summed E-state index contributed by atoms with van der Waals surface area (Å²) in [6.07, 6.45) is 0.886. The van der Waals surface area contributed by atoms with Crippen LogP contribution >= 0.6 is 11.6 Å². The van der Waals surface area contributed by atoms with E-state index in [0.29, 0.717) is 5.92 Å². The minimum absolute atomic E-state index is 0.588. The van der Waals surface area contributed by atoms with Gasteiger partial charge in [0.15, 0.2) is 5.96 Å². The maximum Gasteiger partial charge on any atom is 0.190 e. The fourth-order valence-electron chi connectivity index (χ4n) is 3.04. The number of guanidine groups is 1. The van der Waals surface area contributed by atoms with Crippen LogP contribution in [0.5, 0.6) is 0 Å². The summed E-state index contributed by atoms with van der Waals surface area (Å²) in [5.74, 6) is 1.45. The second-order valence-electron chi connectivity index (χ2n) is 6.93. The van der Waals surface area contributed by atoms with E-state index in [1.807, 2.05) is 25.2 Å². The second kappa shape index (κ2) is 10.6. The molecule has 1 aliphatic rings. The molecule has 2 N–H and O–H groups in total. The van der Waals surface area contributed by atoms with Crippen LogP contribution in [0.2, 0.25) is 5.02 Å². The molecule has 1 fully saturated rings. The standard InChI is InChI=1S/C19H32ClN5/c1-16(15-25-12-10-24(3)11-13-25)14-23-19(21-2)22-9-8-17-6-4-5-7-18(17)20/h4-7,16H,8-15H2,1-3H3,(H2,21,22,23). The molecule has 140 valence electrons. The molecule has 1 aromatic carbocycles. The predicted octanol–water partition coefficient (Wildman–Crippen LogP) is 1.93. The van der Waals surface area contributed by atoms with Crippen LogP contribution in [0.4, 0.5) is 0 Å². The van der Waals surface area contributed by atoms with Crippen molar-refractivity contribution >= 4 is 17.6 Å². The highest BCUT2D eigenvalue weighted by Gasteiger charge is 2.16. The zero-order valence-electron chi connectivity index (χ0n) is 15.8. The molecular weight excluding hydrogens is 334 g/mol. The summed E-state index contributed by atoms with van der Waals surface area (Å²) in [6, 6.07) is 7.98. The maximum atomic E-state index is 6.20. The normalized spacial score (nSPS) is 18.2. The van der Waals surface area contributed by atoms with E-state index >= 15 is 0 Å². The van der Waals surface area contributed by atoms with E-state index < -0.39 is 0 Å². The smallest absolute Gasteiger partial charge is 0.190 e. The number of benzene rings is 1. The summed E-state index contributed by atoms with van der Waals surface area (Å²) in [7, 11) is 4.01. The molecule has 0 amide bonds. The number of nitrogens with zero attached hydrogens (tertiary/aromatic N) is 3. The molecule has 1 unspecified atom stereocenters. The Labute approximate surface area is 157 Å². The molecule has 0 aromatic heterocycles. The number of nitrogens with one attached hydrogen (secondary N) is 2. The molecule has 25 heavy (non-hydrogen) atoms. The van der Waals surface area contributed by atoms with Crippen molar-refractivity contribution in [3.05, 3.63) is 34.9 Å². The molecular formula is C19H32ClN5.